The number of hydrogen-bond donors (Lipinski definition) is 2. The summed E-state index contributed by atoms with van der Waals surface area (Å²) in [5.41, 5.74) is 2.36. The Bertz CT molecular complexity index is 963. The lowest BCUT2D eigenvalue weighted by Gasteiger charge is -2.34. The molecule has 0 saturated carbocycles. The van der Waals surface area contributed by atoms with Gasteiger partial charge in [0.1, 0.15) is 0 Å². The molecule has 0 spiro atoms. The van der Waals surface area contributed by atoms with Crippen molar-refractivity contribution >= 4 is 11.9 Å². The summed E-state index contributed by atoms with van der Waals surface area (Å²) >= 11 is 0. The number of nitrogens with one attached hydrogen (secondary N) is 2. The highest BCUT2D eigenvalue weighted by Gasteiger charge is 2.18. The van der Waals surface area contributed by atoms with Gasteiger partial charge >= 0.3 is 0 Å². The smallest absolute Gasteiger partial charge is 0.225 e. The molecule has 9 nitrogen and oxygen atoms in total. The minimum atomic E-state index is 0.774. The zero-order valence-corrected chi connectivity index (χ0v) is 19.3. The standard InChI is InChI=1S/C24H33N9/c1-2-25-23(26-13-9-21-5-7-22(8-6-21)33-15-4-12-30-33)27-14-16-31-17-19-32(20-18-31)24-28-10-3-11-29-24/h3-8,10-12,15H,2,9,13-14,16-20H2,1H3,(H2,25,26,27). The second kappa shape index (κ2) is 12.0. The molecule has 1 aromatic carbocycles. The van der Waals surface area contributed by atoms with Crippen molar-refractivity contribution in [3.63, 3.8) is 0 Å². The molecule has 2 aromatic heterocycles. The van der Waals surface area contributed by atoms with Crippen molar-refractivity contribution in [2.75, 3.05) is 57.3 Å². The highest BCUT2D eigenvalue weighted by molar-refractivity contribution is 5.79. The van der Waals surface area contributed by atoms with E-state index >= 15 is 0 Å². The molecule has 0 amide bonds. The van der Waals surface area contributed by atoms with E-state index in [0.29, 0.717) is 0 Å². The Morgan fingerprint density at radius 3 is 2.45 bits per heavy atom. The lowest BCUT2D eigenvalue weighted by atomic mass is 10.1. The Morgan fingerprint density at radius 1 is 0.970 bits per heavy atom. The van der Waals surface area contributed by atoms with Crippen LogP contribution in [0.3, 0.4) is 0 Å². The van der Waals surface area contributed by atoms with E-state index in [2.05, 4.69) is 66.7 Å². The second-order valence-corrected chi connectivity index (χ2v) is 7.93. The van der Waals surface area contributed by atoms with Crippen LogP contribution in [-0.4, -0.2) is 83.0 Å². The number of aromatic nitrogens is 4. The van der Waals surface area contributed by atoms with E-state index < -0.39 is 0 Å². The molecule has 9 heteroatoms. The average molecular weight is 448 g/mol. The molecule has 0 radical (unpaired) electrons. The number of rotatable bonds is 9. The van der Waals surface area contributed by atoms with Crippen molar-refractivity contribution in [3.05, 3.63) is 66.7 Å². The predicted octanol–water partition coefficient (Wildman–Crippen LogP) is 1.58. The van der Waals surface area contributed by atoms with Gasteiger partial charge in [0, 0.05) is 70.6 Å². The number of piperazine rings is 1. The molecule has 1 saturated heterocycles. The van der Waals surface area contributed by atoms with Crippen molar-refractivity contribution in [3.8, 4) is 5.69 Å². The van der Waals surface area contributed by atoms with E-state index in [-0.39, 0.29) is 0 Å². The Hall–Kier alpha value is -3.46. The molecule has 2 N–H and O–H groups in total. The van der Waals surface area contributed by atoms with E-state index in [1.54, 1.807) is 18.6 Å². The molecule has 1 fully saturated rings. The number of benzene rings is 1. The SMILES string of the molecule is CCNC(=NCCN1CCN(c2ncccn2)CC1)NCCc1ccc(-n2cccn2)cc1. The molecular formula is C24H33N9. The van der Waals surface area contributed by atoms with Crippen molar-refractivity contribution in [2.24, 2.45) is 4.99 Å². The first-order valence-electron chi connectivity index (χ1n) is 11.7. The lowest BCUT2D eigenvalue weighted by molar-refractivity contribution is 0.263. The van der Waals surface area contributed by atoms with Crippen LogP contribution < -0.4 is 15.5 Å². The van der Waals surface area contributed by atoms with Crippen molar-refractivity contribution in [1.82, 2.24) is 35.3 Å². The Labute approximate surface area is 195 Å². The lowest BCUT2D eigenvalue weighted by Crippen LogP contribution is -2.47. The summed E-state index contributed by atoms with van der Waals surface area (Å²) in [6.45, 7) is 9.42. The minimum Gasteiger partial charge on any atom is -0.357 e. The summed E-state index contributed by atoms with van der Waals surface area (Å²) in [5, 5.41) is 11.1. The van der Waals surface area contributed by atoms with E-state index in [9.17, 15) is 0 Å². The highest BCUT2D eigenvalue weighted by atomic mass is 15.3. The first-order valence-corrected chi connectivity index (χ1v) is 11.7. The van der Waals surface area contributed by atoms with Gasteiger partial charge in [-0.05, 0) is 43.2 Å². The quantitative estimate of drug-likeness (QED) is 0.380. The molecular weight excluding hydrogens is 414 g/mol. The second-order valence-electron chi connectivity index (χ2n) is 7.93. The van der Waals surface area contributed by atoms with Crippen LogP contribution in [-0.2, 0) is 6.42 Å². The maximum absolute atomic E-state index is 4.77. The minimum absolute atomic E-state index is 0.774. The molecule has 1 aliphatic heterocycles. The maximum atomic E-state index is 4.77. The first-order chi connectivity index (χ1) is 16.3. The van der Waals surface area contributed by atoms with Gasteiger partial charge in [0.15, 0.2) is 5.96 Å². The summed E-state index contributed by atoms with van der Waals surface area (Å²) < 4.78 is 1.87. The van der Waals surface area contributed by atoms with Crippen LogP contribution in [0.15, 0.2) is 66.2 Å². The fourth-order valence-electron chi connectivity index (χ4n) is 3.83. The van der Waals surface area contributed by atoms with Crippen molar-refractivity contribution < 1.29 is 0 Å². The monoisotopic (exact) mass is 447 g/mol. The van der Waals surface area contributed by atoms with Gasteiger partial charge in [0.05, 0.1) is 12.2 Å². The van der Waals surface area contributed by atoms with Gasteiger partial charge in [-0.25, -0.2) is 14.6 Å². The van der Waals surface area contributed by atoms with Gasteiger partial charge in [0.2, 0.25) is 5.95 Å². The van der Waals surface area contributed by atoms with E-state index in [1.165, 1.54) is 5.56 Å². The van der Waals surface area contributed by atoms with Crippen LogP contribution >= 0.6 is 0 Å². The maximum Gasteiger partial charge on any atom is 0.225 e. The number of nitrogens with zero attached hydrogens (tertiary/aromatic N) is 7. The largest absolute Gasteiger partial charge is 0.357 e. The number of anilines is 1. The normalized spacial score (nSPS) is 14.9. The van der Waals surface area contributed by atoms with Crippen LogP contribution in [0.4, 0.5) is 5.95 Å². The molecule has 3 aromatic rings. The molecule has 0 bridgehead atoms. The van der Waals surface area contributed by atoms with Crippen molar-refractivity contribution in [1.29, 1.82) is 0 Å². The van der Waals surface area contributed by atoms with Crippen LogP contribution in [0.1, 0.15) is 12.5 Å². The zero-order chi connectivity index (χ0) is 22.7. The number of guanidine groups is 1. The number of aliphatic imine (C=N–C) groups is 1. The predicted molar refractivity (Wildman–Crippen MR) is 132 cm³/mol. The van der Waals surface area contributed by atoms with Crippen LogP contribution in [0.5, 0.6) is 0 Å². The summed E-state index contributed by atoms with van der Waals surface area (Å²) in [5.74, 6) is 1.70. The van der Waals surface area contributed by atoms with E-state index in [1.807, 2.05) is 23.0 Å². The van der Waals surface area contributed by atoms with Gasteiger partial charge in [0.25, 0.3) is 0 Å². The van der Waals surface area contributed by atoms with Crippen LogP contribution in [0, 0.1) is 0 Å². The van der Waals surface area contributed by atoms with Gasteiger partial charge < -0.3 is 15.5 Å². The molecule has 3 heterocycles. The third-order valence-corrected chi connectivity index (χ3v) is 5.65. The summed E-state index contributed by atoms with van der Waals surface area (Å²) in [6, 6.07) is 12.3. The third kappa shape index (κ3) is 6.76. The van der Waals surface area contributed by atoms with E-state index in [4.69, 9.17) is 4.99 Å². The first kappa shape index (κ1) is 22.7. The molecule has 1 aliphatic rings. The van der Waals surface area contributed by atoms with E-state index in [0.717, 1.165) is 76.4 Å². The molecule has 4 rings (SSSR count). The zero-order valence-electron chi connectivity index (χ0n) is 19.3. The Kier molecular flexibility index (Phi) is 8.24. The third-order valence-electron chi connectivity index (χ3n) is 5.65. The summed E-state index contributed by atoms with van der Waals surface area (Å²) in [6.07, 6.45) is 8.28. The van der Waals surface area contributed by atoms with Gasteiger partial charge in [-0.1, -0.05) is 12.1 Å². The van der Waals surface area contributed by atoms with Crippen LogP contribution in [0.25, 0.3) is 5.69 Å². The van der Waals surface area contributed by atoms with Gasteiger partial charge in [-0.3, -0.25) is 9.89 Å². The fourth-order valence-corrected chi connectivity index (χ4v) is 3.83. The van der Waals surface area contributed by atoms with Gasteiger partial charge in [-0.2, -0.15) is 5.10 Å². The van der Waals surface area contributed by atoms with Gasteiger partial charge in [-0.15, -0.1) is 0 Å². The molecule has 0 atom stereocenters. The fraction of sp³-hybridized carbons (Fsp3) is 0.417. The molecule has 174 valence electrons. The molecule has 33 heavy (non-hydrogen) atoms. The van der Waals surface area contributed by atoms with Crippen molar-refractivity contribution in [2.45, 2.75) is 13.3 Å². The summed E-state index contributed by atoms with van der Waals surface area (Å²) in [4.78, 5) is 18.2. The molecule has 0 aliphatic carbocycles. The topological polar surface area (TPSA) is 86.5 Å². The van der Waals surface area contributed by atoms with Crippen LogP contribution in [0.2, 0.25) is 0 Å². The Balaban J connectivity index is 1.18. The summed E-state index contributed by atoms with van der Waals surface area (Å²) in [7, 11) is 0. The number of hydrogen-bond acceptors (Lipinski definition) is 6. The average Bonchev–Trinajstić information content (AvgIpc) is 3.41. The Morgan fingerprint density at radius 2 is 1.76 bits per heavy atom. The molecule has 0 unspecified atom stereocenters. The highest BCUT2D eigenvalue weighted by Crippen LogP contribution is 2.10.